The molecule has 0 aliphatic carbocycles. The van der Waals surface area contributed by atoms with E-state index in [1.165, 1.54) is 7.11 Å². The SMILES string of the molecule is COCC(C)(O)CCNC(=O)OC(C)(C)C. The van der Waals surface area contributed by atoms with Crippen molar-refractivity contribution in [1.82, 2.24) is 5.32 Å². The Morgan fingerprint density at radius 1 is 1.31 bits per heavy atom. The predicted molar refractivity (Wildman–Crippen MR) is 61.4 cm³/mol. The standard InChI is InChI=1S/C11H23NO4/c1-10(2,3)16-9(13)12-7-6-11(4,14)8-15-5/h14H,6-8H2,1-5H3,(H,12,13). The van der Waals surface area contributed by atoms with E-state index in [-0.39, 0.29) is 6.61 Å². The molecule has 1 atom stereocenters. The molecule has 0 rings (SSSR count). The number of alkyl carbamates (subject to hydrolysis) is 1. The quantitative estimate of drug-likeness (QED) is 0.751. The average molecular weight is 233 g/mol. The van der Waals surface area contributed by atoms with Gasteiger partial charge in [-0.3, -0.25) is 0 Å². The Morgan fingerprint density at radius 3 is 2.31 bits per heavy atom. The Bertz CT molecular complexity index is 221. The molecule has 0 heterocycles. The van der Waals surface area contributed by atoms with Crippen molar-refractivity contribution in [3.63, 3.8) is 0 Å². The highest BCUT2D eigenvalue weighted by Crippen LogP contribution is 2.09. The molecule has 0 saturated heterocycles. The highest BCUT2D eigenvalue weighted by molar-refractivity contribution is 5.67. The van der Waals surface area contributed by atoms with Crippen LogP contribution in [0.1, 0.15) is 34.1 Å². The number of nitrogens with one attached hydrogen (secondary N) is 1. The molecular weight excluding hydrogens is 210 g/mol. The molecule has 0 radical (unpaired) electrons. The van der Waals surface area contributed by atoms with Gasteiger partial charge in [-0.2, -0.15) is 0 Å². The zero-order valence-electron chi connectivity index (χ0n) is 10.8. The van der Waals surface area contributed by atoms with Crippen LogP contribution in [0.4, 0.5) is 4.79 Å². The van der Waals surface area contributed by atoms with Crippen molar-refractivity contribution < 1.29 is 19.4 Å². The summed E-state index contributed by atoms with van der Waals surface area (Å²) in [5, 5.41) is 12.3. The fourth-order valence-corrected chi connectivity index (χ4v) is 1.13. The molecule has 0 bridgehead atoms. The molecule has 16 heavy (non-hydrogen) atoms. The van der Waals surface area contributed by atoms with Crippen LogP contribution in [-0.4, -0.2) is 42.7 Å². The van der Waals surface area contributed by atoms with Crippen LogP contribution < -0.4 is 5.32 Å². The first-order chi connectivity index (χ1) is 7.16. The fraction of sp³-hybridized carbons (Fsp3) is 0.909. The molecule has 2 N–H and O–H groups in total. The summed E-state index contributed by atoms with van der Waals surface area (Å²) in [6.07, 6.45) is -0.0548. The van der Waals surface area contributed by atoms with E-state index in [0.717, 1.165) is 0 Å². The predicted octanol–water partition coefficient (Wildman–Crippen LogP) is 1.30. The van der Waals surface area contributed by atoms with Crippen LogP contribution in [0.25, 0.3) is 0 Å². The van der Waals surface area contributed by atoms with Crippen LogP contribution in [-0.2, 0) is 9.47 Å². The third-order valence-electron chi connectivity index (χ3n) is 1.79. The smallest absolute Gasteiger partial charge is 0.407 e. The second-order valence-corrected chi connectivity index (χ2v) is 5.11. The van der Waals surface area contributed by atoms with Crippen molar-refractivity contribution in [3.8, 4) is 0 Å². The molecule has 96 valence electrons. The highest BCUT2D eigenvalue weighted by Gasteiger charge is 2.21. The number of amides is 1. The molecule has 0 spiro atoms. The van der Waals surface area contributed by atoms with E-state index < -0.39 is 17.3 Å². The first-order valence-corrected chi connectivity index (χ1v) is 5.34. The minimum Gasteiger partial charge on any atom is -0.444 e. The summed E-state index contributed by atoms with van der Waals surface area (Å²) >= 11 is 0. The fourth-order valence-electron chi connectivity index (χ4n) is 1.13. The minimum atomic E-state index is -0.927. The average Bonchev–Trinajstić information content (AvgIpc) is 1.99. The van der Waals surface area contributed by atoms with Gasteiger partial charge in [-0.05, 0) is 34.1 Å². The third kappa shape index (κ3) is 8.49. The van der Waals surface area contributed by atoms with Gasteiger partial charge < -0.3 is 19.9 Å². The number of ether oxygens (including phenoxy) is 2. The maximum absolute atomic E-state index is 11.3. The van der Waals surface area contributed by atoms with E-state index >= 15 is 0 Å². The van der Waals surface area contributed by atoms with Crippen LogP contribution in [0.15, 0.2) is 0 Å². The van der Waals surface area contributed by atoms with Crippen molar-refractivity contribution in [2.45, 2.75) is 45.3 Å². The maximum Gasteiger partial charge on any atom is 0.407 e. The molecule has 5 nitrogen and oxygen atoms in total. The summed E-state index contributed by atoms with van der Waals surface area (Å²) in [6.45, 7) is 7.65. The van der Waals surface area contributed by atoms with Gasteiger partial charge in [-0.15, -0.1) is 0 Å². The summed E-state index contributed by atoms with van der Waals surface area (Å²) in [5.41, 5.74) is -1.43. The molecule has 1 unspecified atom stereocenters. The van der Waals surface area contributed by atoms with Crippen molar-refractivity contribution >= 4 is 6.09 Å². The minimum absolute atomic E-state index is 0.239. The van der Waals surface area contributed by atoms with Crippen LogP contribution in [0.3, 0.4) is 0 Å². The zero-order valence-corrected chi connectivity index (χ0v) is 10.8. The van der Waals surface area contributed by atoms with Gasteiger partial charge in [0.2, 0.25) is 0 Å². The van der Waals surface area contributed by atoms with Gasteiger partial charge in [-0.25, -0.2) is 4.79 Å². The Labute approximate surface area is 97.1 Å². The van der Waals surface area contributed by atoms with Gasteiger partial charge in [-0.1, -0.05) is 0 Å². The lowest BCUT2D eigenvalue weighted by molar-refractivity contribution is -0.0225. The van der Waals surface area contributed by atoms with Crippen molar-refractivity contribution in [1.29, 1.82) is 0 Å². The van der Waals surface area contributed by atoms with E-state index in [4.69, 9.17) is 9.47 Å². The summed E-state index contributed by atoms with van der Waals surface area (Å²) in [4.78, 5) is 11.3. The van der Waals surface area contributed by atoms with Crippen LogP contribution >= 0.6 is 0 Å². The van der Waals surface area contributed by atoms with Gasteiger partial charge >= 0.3 is 6.09 Å². The molecule has 1 amide bonds. The summed E-state index contributed by atoms with van der Waals surface area (Å²) in [5.74, 6) is 0. The van der Waals surface area contributed by atoms with E-state index in [1.807, 2.05) is 0 Å². The van der Waals surface area contributed by atoms with Crippen LogP contribution in [0.2, 0.25) is 0 Å². The molecular formula is C11H23NO4. The lowest BCUT2D eigenvalue weighted by atomic mass is 10.0. The first kappa shape index (κ1) is 15.2. The number of hydrogen-bond acceptors (Lipinski definition) is 4. The molecule has 0 aliphatic rings. The largest absolute Gasteiger partial charge is 0.444 e. The first-order valence-electron chi connectivity index (χ1n) is 5.34. The maximum atomic E-state index is 11.3. The van der Waals surface area contributed by atoms with Crippen molar-refractivity contribution in [2.75, 3.05) is 20.3 Å². The van der Waals surface area contributed by atoms with Crippen molar-refractivity contribution in [2.24, 2.45) is 0 Å². The highest BCUT2D eigenvalue weighted by atomic mass is 16.6. The van der Waals surface area contributed by atoms with Gasteiger partial charge in [0.15, 0.2) is 0 Å². The molecule has 0 aromatic heterocycles. The molecule has 0 aromatic rings. The Hall–Kier alpha value is -0.810. The Balaban J connectivity index is 3.78. The molecule has 0 aromatic carbocycles. The van der Waals surface area contributed by atoms with Crippen LogP contribution in [0, 0.1) is 0 Å². The molecule has 0 saturated carbocycles. The lowest BCUT2D eigenvalue weighted by Gasteiger charge is -2.23. The Morgan fingerprint density at radius 2 is 1.88 bits per heavy atom. The van der Waals surface area contributed by atoms with Crippen LogP contribution in [0.5, 0.6) is 0 Å². The number of carbonyl (C=O) groups is 1. The second kappa shape index (κ2) is 6.06. The Kier molecular flexibility index (Phi) is 5.75. The summed E-state index contributed by atoms with van der Waals surface area (Å²) in [6, 6.07) is 0. The summed E-state index contributed by atoms with van der Waals surface area (Å²) in [7, 11) is 1.52. The number of hydrogen-bond donors (Lipinski definition) is 2. The van der Waals surface area contributed by atoms with E-state index in [9.17, 15) is 9.90 Å². The topological polar surface area (TPSA) is 67.8 Å². The van der Waals surface area contributed by atoms with E-state index in [0.29, 0.717) is 13.0 Å². The number of carbonyl (C=O) groups excluding carboxylic acids is 1. The van der Waals surface area contributed by atoms with Gasteiger partial charge in [0.1, 0.15) is 5.60 Å². The summed E-state index contributed by atoms with van der Waals surface area (Å²) < 4.78 is 9.90. The monoisotopic (exact) mass is 233 g/mol. The number of aliphatic hydroxyl groups is 1. The van der Waals surface area contributed by atoms with E-state index in [1.54, 1.807) is 27.7 Å². The van der Waals surface area contributed by atoms with E-state index in [2.05, 4.69) is 5.32 Å². The van der Waals surface area contributed by atoms with Gasteiger partial charge in [0.05, 0.1) is 12.2 Å². The lowest BCUT2D eigenvalue weighted by Crippen LogP contribution is -2.38. The third-order valence-corrected chi connectivity index (χ3v) is 1.79. The second-order valence-electron chi connectivity index (χ2n) is 5.11. The molecule has 0 fully saturated rings. The van der Waals surface area contributed by atoms with Crippen molar-refractivity contribution in [3.05, 3.63) is 0 Å². The van der Waals surface area contributed by atoms with Gasteiger partial charge in [0, 0.05) is 13.7 Å². The normalized spacial score (nSPS) is 15.4. The zero-order chi connectivity index (χ0) is 12.8. The van der Waals surface area contributed by atoms with Gasteiger partial charge in [0.25, 0.3) is 0 Å². The number of rotatable bonds is 5. The molecule has 0 aliphatic heterocycles. The number of methoxy groups -OCH3 is 1. The molecule has 5 heteroatoms.